The normalized spacial score (nSPS) is 32.1. The summed E-state index contributed by atoms with van der Waals surface area (Å²) in [6.07, 6.45) is 13.0. The molecule has 18 heavy (non-hydrogen) atoms. The molecular formula is C16H25NO. The van der Waals surface area contributed by atoms with Crippen LogP contribution in [0.5, 0.6) is 0 Å². The smallest absolute Gasteiger partial charge is 0.105 e. The van der Waals surface area contributed by atoms with Gasteiger partial charge in [-0.25, -0.2) is 0 Å². The van der Waals surface area contributed by atoms with Crippen LogP contribution < -0.4 is 5.32 Å². The molecule has 2 aliphatic rings. The molecule has 0 aliphatic heterocycles. The highest BCUT2D eigenvalue weighted by atomic mass is 16.3. The lowest BCUT2D eigenvalue weighted by molar-refractivity contribution is 0.144. The maximum atomic E-state index is 5.37. The summed E-state index contributed by atoms with van der Waals surface area (Å²) in [7, 11) is 0. The van der Waals surface area contributed by atoms with Gasteiger partial charge in [-0.15, -0.1) is 0 Å². The van der Waals surface area contributed by atoms with Crippen molar-refractivity contribution >= 4 is 0 Å². The number of hydrogen-bond acceptors (Lipinski definition) is 2. The lowest BCUT2D eigenvalue weighted by Crippen LogP contribution is -2.39. The summed E-state index contributed by atoms with van der Waals surface area (Å²) in [5, 5.41) is 3.73. The van der Waals surface area contributed by atoms with Crippen molar-refractivity contribution in [1.29, 1.82) is 0 Å². The van der Waals surface area contributed by atoms with Gasteiger partial charge in [-0.2, -0.15) is 0 Å². The Kier molecular flexibility index (Phi) is 4.04. The molecule has 3 rings (SSSR count). The molecule has 2 fully saturated rings. The van der Waals surface area contributed by atoms with Crippen molar-refractivity contribution in [3.63, 3.8) is 0 Å². The van der Waals surface area contributed by atoms with Gasteiger partial charge in [-0.3, -0.25) is 0 Å². The van der Waals surface area contributed by atoms with Crippen LogP contribution in [0.25, 0.3) is 0 Å². The van der Waals surface area contributed by atoms with E-state index in [1.807, 2.05) is 6.07 Å². The summed E-state index contributed by atoms with van der Waals surface area (Å²) < 4.78 is 5.37. The third-order valence-corrected chi connectivity index (χ3v) is 4.92. The van der Waals surface area contributed by atoms with Crippen molar-refractivity contribution in [2.24, 2.45) is 11.8 Å². The third kappa shape index (κ3) is 2.97. The first-order valence-electron chi connectivity index (χ1n) is 7.67. The summed E-state index contributed by atoms with van der Waals surface area (Å²) in [6.45, 7) is 1.07. The molecule has 3 atom stereocenters. The van der Waals surface area contributed by atoms with Crippen molar-refractivity contribution in [3.8, 4) is 0 Å². The van der Waals surface area contributed by atoms with Crippen molar-refractivity contribution in [2.75, 3.05) is 6.54 Å². The molecule has 2 nitrogen and oxygen atoms in total. The number of hydrogen-bond donors (Lipinski definition) is 1. The van der Waals surface area contributed by atoms with Crippen LogP contribution in [0.3, 0.4) is 0 Å². The highest BCUT2D eigenvalue weighted by molar-refractivity contribution is 4.98. The van der Waals surface area contributed by atoms with Crippen molar-refractivity contribution < 1.29 is 4.42 Å². The van der Waals surface area contributed by atoms with E-state index in [-0.39, 0.29) is 0 Å². The van der Waals surface area contributed by atoms with Crippen molar-refractivity contribution in [1.82, 2.24) is 5.32 Å². The standard InChI is InChI=1S/C16H25NO/c1-2-5-14-12-15(8-7-13(14)4-1)17-10-9-16-6-3-11-18-16/h3,6,11,13-15,17H,1-2,4-5,7-10,12H2. The minimum atomic E-state index is 0.763. The topological polar surface area (TPSA) is 25.2 Å². The zero-order chi connectivity index (χ0) is 12.2. The minimum absolute atomic E-state index is 0.763. The number of rotatable bonds is 4. The third-order valence-electron chi connectivity index (χ3n) is 4.92. The number of nitrogens with one attached hydrogen (secondary N) is 1. The summed E-state index contributed by atoms with van der Waals surface area (Å²) in [4.78, 5) is 0. The summed E-state index contributed by atoms with van der Waals surface area (Å²) in [6, 6.07) is 4.81. The molecule has 0 spiro atoms. The lowest BCUT2D eigenvalue weighted by Gasteiger charge is -2.39. The molecule has 2 heteroatoms. The molecule has 2 saturated carbocycles. The van der Waals surface area contributed by atoms with Crippen molar-refractivity contribution in [3.05, 3.63) is 24.2 Å². The molecule has 0 amide bonds. The monoisotopic (exact) mass is 247 g/mol. The Hall–Kier alpha value is -0.760. The van der Waals surface area contributed by atoms with E-state index < -0.39 is 0 Å². The van der Waals surface area contributed by atoms with Crippen LogP contribution in [0.4, 0.5) is 0 Å². The van der Waals surface area contributed by atoms with Crippen LogP contribution in [0, 0.1) is 11.8 Å². The summed E-state index contributed by atoms with van der Waals surface area (Å²) in [5.41, 5.74) is 0. The molecular weight excluding hydrogens is 222 g/mol. The van der Waals surface area contributed by atoms with Gasteiger partial charge >= 0.3 is 0 Å². The Morgan fingerprint density at radius 1 is 1.11 bits per heavy atom. The molecule has 100 valence electrons. The second-order valence-corrected chi connectivity index (χ2v) is 6.10. The van der Waals surface area contributed by atoms with Crippen LogP contribution in [0.1, 0.15) is 50.7 Å². The first-order chi connectivity index (χ1) is 8.92. The van der Waals surface area contributed by atoms with Gasteiger partial charge in [0.1, 0.15) is 5.76 Å². The van der Waals surface area contributed by atoms with E-state index in [4.69, 9.17) is 4.42 Å². The molecule has 2 aliphatic carbocycles. The largest absolute Gasteiger partial charge is 0.469 e. The van der Waals surface area contributed by atoms with Gasteiger partial charge in [0.05, 0.1) is 6.26 Å². The van der Waals surface area contributed by atoms with E-state index in [2.05, 4.69) is 11.4 Å². The molecule has 1 aromatic heterocycles. The highest BCUT2D eigenvalue weighted by Gasteiger charge is 2.31. The maximum Gasteiger partial charge on any atom is 0.105 e. The van der Waals surface area contributed by atoms with Crippen LogP contribution in [0.15, 0.2) is 22.8 Å². The van der Waals surface area contributed by atoms with Gasteiger partial charge in [0.25, 0.3) is 0 Å². The van der Waals surface area contributed by atoms with Crippen LogP contribution in [-0.4, -0.2) is 12.6 Å². The Morgan fingerprint density at radius 3 is 2.83 bits per heavy atom. The predicted molar refractivity (Wildman–Crippen MR) is 73.5 cm³/mol. The molecule has 3 unspecified atom stereocenters. The second kappa shape index (κ2) is 5.92. The van der Waals surface area contributed by atoms with E-state index in [0.717, 1.165) is 36.6 Å². The summed E-state index contributed by atoms with van der Waals surface area (Å²) in [5.74, 6) is 3.18. The zero-order valence-electron chi connectivity index (χ0n) is 11.2. The fourth-order valence-electron chi connectivity index (χ4n) is 3.91. The number of furan rings is 1. The van der Waals surface area contributed by atoms with Gasteiger partial charge in [0.15, 0.2) is 0 Å². The van der Waals surface area contributed by atoms with E-state index in [1.165, 1.54) is 44.9 Å². The van der Waals surface area contributed by atoms with Gasteiger partial charge < -0.3 is 9.73 Å². The van der Waals surface area contributed by atoms with Gasteiger partial charge in [-0.05, 0) is 43.2 Å². The van der Waals surface area contributed by atoms with E-state index >= 15 is 0 Å². The zero-order valence-corrected chi connectivity index (χ0v) is 11.2. The first-order valence-corrected chi connectivity index (χ1v) is 7.67. The van der Waals surface area contributed by atoms with Gasteiger partial charge in [-0.1, -0.05) is 25.7 Å². The summed E-state index contributed by atoms with van der Waals surface area (Å²) >= 11 is 0. The Labute approximate surface area is 110 Å². The molecule has 0 bridgehead atoms. The van der Waals surface area contributed by atoms with Gasteiger partial charge in [0, 0.05) is 19.0 Å². The first kappa shape index (κ1) is 12.3. The Morgan fingerprint density at radius 2 is 2.00 bits per heavy atom. The Balaban J connectivity index is 1.41. The van der Waals surface area contributed by atoms with Gasteiger partial charge in [0.2, 0.25) is 0 Å². The molecule has 1 N–H and O–H groups in total. The molecule has 0 radical (unpaired) electrons. The fourth-order valence-corrected chi connectivity index (χ4v) is 3.91. The maximum absolute atomic E-state index is 5.37. The molecule has 1 aromatic rings. The highest BCUT2D eigenvalue weighted by Crippen LogP contribution is 2.40. The molecule has 0 saturated heterocycles. The fraction of sp³-hybridized carbons (Fsp3) is 0.750. The minimum Gasteiger partial charge on any atom is -0.469 e. The van der Waals surface area contributed by atoms with Crippen LogP contribution in [-0.2, 0) is 6.42 Å². The number of fused-ring (bicyclic) bond motifs is 1. The lowest BCUT2D eigenvalue weighted by atomic mass is 9.69. The van der Waals surface area contributed by atoms with E-state index in [1.54, 1.807) is 6.26 Å². The Bertz CT molecular complexity index is 346. The second-order valence-electron chi connectivity index (χ2n) is 6.10. The SMILES string of the molecule is c1coc(CCNC2CCC3CCCCC3C2)c1. The van der Waals surface area contributed by atoms with E-state index in [0.29, 0.717) is 0 Å². The quantitative estimate of drug-likeness (QED) is 0.876. The molecule has 1 heterocycles. The predicted octanol–water partition coefficient (Wildman–Crippen LogP) is 3.77. The van der Waals surface area contributed by atoms with E-state index in [9.17, 15) is 0 Å². The van der Waals surface area contributed by atoms with Crippen LogP contribution in [0.2, 0.25) is 0 Å². The average molecular weight is 247 g/mol. The van der Waals surface area contributed by atoms with Crippen LogP contribution >= 0.6 is 0 Å². The van der Waals surface area contributed by atoms with Crippen molar-refractivity contribution in [2.45, 2.75) is 57.4 Å². The molecule has 0 aromatic carbocycles. The average Bonchev–Trinajstić information content (AvgIpc) is 2.92.